The first-order valence-corrected chi connectivity index (χ1v) is 10.3. The van der Waals surface area contributed by atoms with E-state index in [0.717, 1.165) is 11.8 Å². The normalized spacial score (nSPS) is 10.8. The van der Waals surface area contributed by atoms with Crippen molar-refractivity contribution in [2.24, 2.45) is 5.16 Å². The van der Waals surface area contributed by atoms with Crippen LogP contribution in [0.3, 0.4) is 0 Å². The Morgan fingerprint density at radius 3 is 2.55 bits per heavy atom. The summed E-state index contributed by atoms with van der Waals surface area (Å²) in [7, 11) is 2.90. The van der Waals surface area contributed by atoms with Crippen LogP contribution in [-0.4, -0.2) is 40.8 Å². The van der Waals surface area contributed by atoms with Crippen LogP contribution in [0.5, 0.6) is 11.8 Å². The third-order valence-corrected chi connectivity index (χ3v) is 5.31. The Labute approximate surface area is 197 Å². The maximum absolute atomic E-state index is 12.8. The van der Waals surface area contributed by atoms with Crippen molar-refractivity contribution >= 4 is 40.7 Å². The Hall–Kier alpha value is -3.88. The minimum absolute atomic E-state index is 0.0218. The zero-order valence-corrected chi connectivity index (χ0v) is 19.1. The van der Waals surface area contributed by atoms with Gasteiger partial charge in [0, 0.05) is 11.0 Å². The lowest BCUT2D eigenvalue weighted by molar-refractivity contribution is -0.385. The number of ether oxygens (including phenoxy) is 2. The van der Waals surface area contributed by atoms with Crippen molar-refractivity contribution in [1.29, 1.82) is 0 Å². The van der Waals surface area contributed by atoms with E-state index in [1.165, 1.54) is 45.4 Å². The molecule has 0 atom stereocenters. The van der Waals surface area contributed by atoms with Crippen molar-refractivity contribution in [2.75, 3.05) is 14.2 Å². The molecule has 10 nitrogen and oxygen atoms in total. The molecule has 0 saturated heterocycles. The molecule has 0 unspecified atom stereocenters. The molecule has 2 aromatic carbocycles. The third-order valence-electron chi connectivity index (χ3n) is 4.07. The van der Waals surface area contributed by atoms with E-state index in [4.69, 9.17) is 25.9 Å². The van der Waals surface area contributed by atoms with E-state index in [1.54, 1.807) is 12.1 Å². The zero-order chi connectivity index (χ0) is 24.0. The number of carbonyl (C=O) groups is 1. The monoisotopic (exact) mass is 486 g/mol. The summed E-state index contributed by atoms with van der Waals surface area (Å²) in [5, 5.41) is 15.3. The SMILES string of the molecule is COc1cc(OC)nc(Sc2cccc(Cl)c2C(=O)O/N=C(\C)c2ccc#cc2[N+](=O)[O-])n1. The number of hydrogen-bond acceptors (Lipinski definition) is 10. The van der Waals surface area contributed by atoms with Crippen LogP contribution < -0.4 is 9.47 Å². The van der Waals surface area contributed by atoms with Crippen molar-refractivity contribution in [1.82, 2.24) is 9.97 Å². The maximum atomic E-state index is 12.8. The van der Waals surface area contributed by atoms with Crippen molar-refractivity contribution in [2.45, 2.75) is 17.0 Å². The average Bonchev–Trinajstić information content (AvgIpc) is 2.82. The Bertz CT molecular complexity index is 1210. The molecule has 0 spiro atoms. The van der Waals surface area contributed by atoms with Crippen LogP contribution in [0.1, 0.15) is 22.8 Å². The molecule has 0 aliphatic heterocycles. The van der Waals surface area contributed by atoms with Gasteiger partial charge in [-0.25, -0.2) is 4.79 Å². The van der Waals surface area contributed by atoms with Gasteiger partial charge in [-0.2, -0.15) is 9.97 Å². The van der Waals surface area contributed by atoms with Gasteiger partial charge in [0.15, 0.2) is 5.16 Å². The molecule has 0 radical (unpaired) electrons. The third kappa shape index (κ3) is 5.68. The molecule has 0 aliphatic rings. The van der Waals surface area contributed by atoms with Gasteiger partial charge in [-0.3, -0.25) is 10.1 Å². The molecule has 0 fully saturated rings. The quantitative estimate of drug-likeness (QED) is 0.150. The highest BCUT2D eigenvalue weighted by Crippen LogP contribution is 2.34. The number of halogens is 1. The number of oxime groups is 1. The van der Waals surface area contributed by atoms with Crippen molar-refractivity contribution in [3.63, 3.8) is 0 Å². The summed E-state index contributed by atoms with van der Waals surface area (Å²) >= 11 is 7.29. The summed E-state index contributed by atoms with van der Waals surface area (Å²) in [6, 6.07) is 14.1. The molecule has 0 amide bonds. The molecule has 3 rings (SSSR count). The van der Waals surface area contributed by atoms with Gasteiger partial charge in [0.2, 0.25) is 11.8 Å². The Morgan fingerprint density at radius 2 is 1.91 bits per heavy atom. The second-order valence-electron chi connectivity index (χ2n) is 6.13. The van der Waals surface area contributed by atoms with Crippen molar-refractivity contribution in [3.8, 4) is 11.8 Å². The molecule has 3 aromatic rings. The van der Waals surface area contributed by atoms with E-state index < -0.39 is 10.9 Å². The summed E-state index contributed by atoms with van der Waals surface area (Å²) in [4.78, 5) is 37.2. The number of rotatable bonds is 8. The van der Waals surface area contributed by atoms with E-state index in [2.05, 4.69) is 27.3 Å². The Morgan fingerprint density at radius 1 is 1.21 bits per heavy atom. The number of nitro groups is 1. The molecular formula is C21H15ClN4O6S. The maximum Gasteiger partial charge on any atom is 0.368 e. The molecule has 12 heteroatoms. The molecular weight excluding hydrogens is 472 g/mol. The first kappa shape index (κ1) is 23.8. The minimum Gasteiger partial charge on any atom is -0.481 e. The summed E-state index contributed by atoms with van der Waals surface area (Å²) in [5.41, 5.74) is -0.0823. The van der Waals surface area contributed by atoms with Crippen molar-refractivity contribution < 1.29 is 24.0 Å². The van der Waals surface area contributed by atoms with Gasteiger partial charge >= 0.3 is 11.7 Å². The molecule has 0 aliphatic carbocycles. The Balaban J connectivity index is 1.90. The number of aromatic nitrogens is 2. The van der Waals surface area contributed by atoms with E-state index in [0.29, 0.717) is 4.90 Å². The second kappa shape index (κ2) is 10.6. The van der Waals surface area contributed by atoms with Crippen LogP contribution >= 0.6 is 23.4 Å². The van der Waals surface area contributed by atoms with Crippen LogP contribution in [0.25, 0.3) is 0 Å². The molecule has 0 N–H and O–H groups in total. The molecule has 1 heterocycles. The van der Waals surface area contributed by atoms with Gasteiger partial charge in [0.25, 0.3) is 0 Å². The van der Waals surface area contributed by atoms with E-state index >= 15 is 0 Å². The first-order chi connectivity index (χ1) is 15.8. The highest BCUT2D eigenvalue weighted by Gasteiger charge is 2.21. The van der Waals surface area contributed by atoms with Crippen LogP contribution in [0, 0.1) is 22.2 Å². The molecule has 33 heavy (non-hydrogen) atoms. The topological polar surface area (TPSA) is 126 Å². The summed E-state index contributed by atoms with van der Waals surface area (Å²) in [5.74, 6) is -0.324. The average molecular weight is 487 g/mol. The van der Waals surface area contributed by atoms with Gasteiger partial charge < -0.3 is 14.3 Å². The van der Waals surface area contributed by atoms with Gasteiger partial charge in [-0.15, -0.1) is 0 Å². The molecule has 0 saturated carbocycles. The lowest BCUT2D eigenvalue weighted by Gasteiger charge is -2.10. The van der Waals surface area contributed by atoms with Crippen molar-refractivity contribution in [3.05, 3.63) is 74.8 Å². The largest absolute Gasteiger partial charge is 0.481 e. The van der Waals surface area contributed by atoms with E-state index in [9.17, 15) is 14.9 Å². The highest BCUT2D eigenvalue weighted by atomic mass is 35.5. The van der Waals surface area contributed by atoms with Crippen LogP contribution in [0.4, 0.5) is 5.69 Å². The van der Waals surface area contributed by atoms with Gasteiger partial charge in [0.1, 0.15) is 0 Å². The number of nitrogens with zero attached hydrogens (tertiary/aromatic N) is 4. The molecule has 168 valence electrons. The van der Waals surface area contributed by atoms with Crippen LogP contribution in [-0.2, 0) is 4.84 Å². The highest BCUT2D eigenvalue weighted by molar-refractivity contribution is 7.99. The fourth-order valence-corrected chi connectivity index (χ4v) is 3.76. The number of carbonyl (C=O) groups excluding carboxylic acids is 1. The predicted molar refractivity (Wildman–Crippen MR) is 119 cm³/mol. The number of benzene rings is 1. The molecule has 1 aromatic heterocycles. The van der Waals surface area contributed by atoms with Gasteiger partial charge in [-0.1, -0.05) is 28.9 Å². The van der Waals surface area contributed by atoms with Crippen LogP contribution in [0.15, 0.2) is 51.6 Å². The fraction of sp³-hybridized carbons (Fsp3) is 0.143. The number of hydrogen-bond donors (Lipinski definition) is 0. The summed E-state index contributed by atoms with van der Waals surface area (Å²) < 4.78 is 10.3. The van der Waals surface area contributed by atoms with E-state index in [-0.39, 0.29) is 44.5 Å². The predicted octanol–water partition coefficient (Wildman–Crippen LogP) is 4.39. The summed E-state index contributed by atoms with van der Waals surface area (Å²) in [6.07, 6.45) is 0. The lowest BCUT2D eigenvalue weighted by atomic mass is 10.1. The lowest BCUT2D eigenvalue weighted by Crippen LogP contribution is -2.07. The number of methoxy groups -OCH3 is 2. The van der Waals surface area contributed by atoms with E-state index in [1.807, 2.05) is 0 Å². The van der Waals surface area contributed by atoms with Gasteiger partial charge in [-0.05, 0) is 43.0 Å². The Kier molecular flexibility index (Phi) is 7.66. The first-order valence-electron chi connectivity index (χ1n) is 9.10. The minimum atomic E-state index is -0.869. The fourth-order valence-electron chi connectivity index (χ4n) is 2.55. The molecule has 0 bridgehead atoms. The van der Waals surface area contributed by atoms with Gasteiger partial charge in [0.05, 0.1) is 47.1 Å². The zero-order valence-electron chi connectivity index (χ0n) is 17.5. The van der Waals surface area contributed by atoms with Crippen LogP contribution in [0.2, 0.25) is 5.02 Å². The standard InChI is InChI=1S/C21H15ClN4O6S/c1-12(13-7-4-5-9-15(13)26(28)29)25-32-20(27)19-14(22)8-6-10-16(19)33-21-23-17(30-2)11-18(24-21)31-3/h4,6-8,10-11H,1-3H3/b25-12+. The smallest absolute Gasteiger partial charge is 0.368 e. The summed E-state index contributed by atoms with van der Waals surface area (Å²) in [6.45, 7) is 1.46. The second-order valence-corrected chi connectivity index (χ2v) is 7.54.